The molecule has 0 aliphatic heterocycles. The summed E-state index contributed by atoms with van der Waals surface area (Å²) >= 11 is 0. The number of benzene rings is 3. The van der Waals surface area contributed by atoms with Crippen LogP contribution in [0.25, 0.3) is 11.1 Å². The Balaban J connectivity index is 0.000000322. The summed E-state index contributed by atoms with van der Waals surface area (Å²) < 4.78 is 0. The highest BCUT2D eigenvalue weighted by molar-refractivity contribution is 7.57. The number of unbranched alkanes of at least 4 members (excludes halogenated alkanes) is 9. The van der Waals surface area contributed by atoms with E-state index in [9.17, 15) is 4.79 Å². The Bertz CT molecular complexity index is 878. The molecule has 2 nitrogen and oxygen atoms in total. The van der Waals surface area contributed by atoms with E-state index in [2.05, 4.69) is 69.3 Å². The standard InChI is InChI=1S/C18H39P.C12H10.C7H6O2/c1-4-7-10-13-16-19(17-14-11-8-5-2)18-15-12-9-6-3;1-3-7-11(8-4-1)12-9-5-2-6-10-12;8-7(9)6-4-2-1-3-5-6/h4-18H2,1-3H3;1-10H;1-5H,(H,8,9). The van der Waals surface area contributed by atoms with E-state index >= 15 is 0 Å². The molecule has 220 valence electrons. The summed E-state index contributed by atoms with van der Waals surface area (Å²) in [7, 11) is 0.389. The van der Waals surface area contributed by atoms with Gasteiger partial charge in [0.2, 0.25) is 0 Å². The number of aromatic carboxylic acids is 1. The van der Waals surface area contributed by atoms with Crippen molar-refractivity contribution >= 4 is 13.9 Å². The molecule has 0 amide bonds. The van der Waals surface area contributed by atoms with Gasteiger partial charge in [-0.3, -0.25) is 0 Å². The highest BCUT2D eigenvalue weighted by atomic mass is 31.1. The summed E-state index contributed by atoms with van der Waals surface area (Å²) in [5.74, 6) is -0.879. The van der Waals surface area contributed by atoms with E-state index in [1.54, 1.807) is 48.8 Å². The molecule has 0 aromatic heterocycles. The van der Waals surface area contributed by atoms with Gasteiger partial charge >= 0.3 is 5.97 Å². The van der Waals surface area contributed by atoms with Gasteiger partial charge in [0.15, 0.2) is 0 Å². The van der Waals surface area contributed by atoms with Crippen molar-refractivity contribution in [3.05, 3.63) is 96.6 Å². The van der Waals surface area contributed by atoms with Crippen LogP contribution < -0.4 is 0 Å². The average molecular weight is 563 g/mol. The van der Waals surface area contributed by atoms with Crippen molar-refractivity contribution in [1.82, 2.24) is 0 Å². The molecule has 0 bridgehead atoms. The van der Waals surface area contributed by atoms with Gasteiger partial charge in [0, 0.05) is 0 Å². The fourth-order valence-electron chi connectivity index (χ4n) is 4.46. The molecule has 1 N–H and O–H groups in total. The number of carboxylic acid groups (broad SMARTS) is 1. The molecule has 3 rings (SSSR count). The van der Waals surface area contributed by atoms with Crippen molar-refractivity contribution in [1.29, 1.82) is 0 Å². The lowest BCUT2D eigenvalue weighted by Gasteiger charge is -2.17. The number of rotatable bonds is 17. The third-order valence-corrected chi connectivity index (χ3v) is 9.73. The first-order valence-electron chi connectivity index (χ1n) is 15.7. The van der Waals surface area contributed by atoms with Crippen LogP contribution in [0.15, 0.2) is 91.0 Å². The molecular weight excluding hydrogens is 507 g/mol. The normalized spacial score (nSPS) is 10.3. The van der Waals surface area contributed by atoms with Gasteiger partial charge in [-0.05, 0) is 61.0 Å². The van der Waals surface area contributed by atoms with E-state index in [1.165, 1.54) is 88.2 Å². The minimum Gasteiger partial charge on any atom is -0.478 e. The van der Waals surface area contributed by atoms with Crippen LogP contribution in [-0.2, 0) is 0 Å². The zero-order valence-electron chi connectivity index (χ0n) is 25.6. The Morgan fingerprint density at radius 2 is 0.825 bits per heavy atom. The lowest BCUT2D eigenvalue weighted by molar-refractivity contribution is 0.0697. The first kappa shape index (κ1) is 35.6. The van der Waals surface area contributed by atoms with Gasteiger partial charge < -0.3 is 5.11 Å². The first-order chi connectivity index (χ1) is 19.6. The predicted molar refractivity (Wildman–Crippen MR) is 179 cm³/mol. The molecular formula is C37H55O2P. The minimum absolute atomic E-state index is 0.331. The highest BCUT2D eigenvalue weighted by Crippen LogP contribution is 2.39. The lowest BCUT2D eigenvalue weighted by Crippen LogP contribution is -1.97. The second-order valence-corrected chi connectivity index (χ2v) is 13.1. The van der Waals surface area contributed by atoms with Gasteiger partial charge in [-0.15, -0.1) is 7.92 Å². The molecule has 0 fully saturated rings. The van der Waals surface area contributed by atoms with Crippen molar-refractivity contribution < 1.29 is 9.90 Å². The molecule has 0 saturated heterocycles. The fourth-order valence-corrected chi connectivity index (χ4v) is 7.15. The molecule has 0 radical (unpaired) electrons. The molecule has 0 aliphatic carbocycles. The molecule has 0 spiro atoms. The fraction of sp³-hybridized carbons (Fsp3) is 0.486. The van der Waals surface area contributed by atoms with Crippen LogP contribution >= 0.6 is 7.92 Å². The van der Waals surface area contributed by atoms with Crippen molar-refractivity contribution in [2.24, 2.45) is 0 Å². The van der Waals surface area contributed by atoms with Gasteiger partial charge in [-0.1, -0.05) is 157 Å². The van der Waals surface area contributed by atoms with Crippen molar-refractivity contribution in [3.63, 3.8) is 0 Å². The topological polar surface area (TPSA) is 37.3 Å². The van der Waals surface area contributed by atoms with E-state index < -0.39 is 5.97 Å². The molecule has 0 heterocycles. The van der Waals surface area contributed by atoms with Gasteiger partial charge in [-0.2, -0.15) is 0 Å². The first-order valence-corrected chi connectivity index (χ1v) is 17.6. The lowest BCUT2D eigenvalue weighted by atomic mass is 10.1. The van der Waals surface area contributed by atoms with Gasteiger partial charge in [0.05, 0.1) is 5.56 Å². The van der Waals surface area contributed by atoms with Crippen LogP contribution in [-0.4, -0.2) is 29.6 Å². The summed E-state index contributed by atoms with van der Waals surface area (Å²) in [5.41, 5.74) is 2.88. The van der Waals surface area contributed by atoms with E-state index in [-0.39, 0.29) is 0 Å². The molecule has 0 unspecified atom stereocenters. The van der Waals surface area contributed by atoms with E-state index in [0.717, 1.165) is 0 Å². The zero-order valence-corrected chi connectivity index (χ0v) is 26.5. The SMILES string of the molecule is CCCCCCP(CCCCCC)CCCCCC.O=C(O)c1ccccc1.c1ccc(-c2ccccc2)cc1. The molecule has 3 aromatic carbocycles. The van der Waals surface area contributed by atoms with Crippen LogP contribution in [0.4, 0.5) is 0 Å². The second-order valence-electron chi connectivity index (χ2n) is 10.4. The monoisotopic (exact) mass is 562 g/mol. The Kier molecular flexibility index (Phi) is 22.7. The van der Waals surface area contributed by atoms with Crippen LogP contribution in [0, 0.1) is 0 Å². The number of hydrogen-bond acceptors (Lipinski definition) is 1. The molecule has 0 atom stereocenters. The summed E-state index contributed by atoms with van der Waals surface area (Å²) in [6.45, 7) is 6.95. The third-order valence-electron chi connectivity index (χ3n) is 6.89. The Labute approximate surface area is 247 Å². The molecule has 0 aliphatic rings. The maximum Gasteiger partial charge on any atom is 0.335 e. The Morgan fingerprint density at radius 1 is 0.500 bits per heavy atom. The summed E-state index contributed by atoms with van der Waals surface area (Å²) in [5, 5.41) is 8.38. The number of carboxylic acids is 1. The maximum absolute atomic E-state index is 10.2. The predicted octanol–water partition coefficient (Wildman–Crippen LogP) is 11.9. The maximum atomic E-state index is 10.2. The Morgan fingerprint density at radius 3 is 1.10 bits per heavy atom. The van der Waals surface area contributed by atoms with Crippen molar-refractivity contribution in [3.8, 4) is 11.1 Å². The van der Waals surface area contributed by atoms with E-state index in [4.69, 9.17) is 5.11 Å². The second kappa shape index (κ2) is 25.5. The van der Waals surface area contributed by atoms with Gasteiger partial charge in [0.25, 0.3) is 0 Å². The van der Waals surface area contributed by atoms with Gasteiger partial charge in [0.1, 0.15) is 0 Å². The van der Waals surface area contributed by atoms with Crippen LogP contribution in [0.2, 0.25) is 0 Å². The van der Waals surface area contributed by atoms with Gasteiger partial charge in [-0.25, -0.2) is 4.79 Å². The zero-order chi connectivity index (χ0) is 29.1. The highest BCUT2D eigenvalue weighted by Gasteiger charge is 2.07. The summed E-state index contributed by atoms with van der Waals surface area (Å²) in [6.07, 6.45) is 22.2. The molecule has 3 aromatic rings. The van der Waals surface area contributed by atoms with Crippen LogP contribution in [0.5, 0.6) is 0 Å². The summed E-state index contributed by atoms with van der Waals surface area (Å²) in [6, 6.07) is 29.1. The smallest absolute Gasteiger partial charge is 0.335 e. The average Bonchev–Trinajstić information content (AvgIpc) is 3.01. The molecule has 40 heavy (non-hydrogen) atoms. The van der Waals surface area contributed by atoms with Crippen LogP contribution in [0.1, 0.15) is 108 Å². The summed E-state index contributed by atoms with van der Waals surface area (Å²) in [4.78, 5) is 10.2. The van der Waals surface area contributed by atoms with Crippen molar-refractivity contribution in [2.75, 3.05) is 18.5 Å². The quantitative estimate of drug-likeness (QED) is 0.131. The largest absolute Gasteiger partial charge is 0.478 e. The molecule has 3 heteroatoms. The van der Waals surface area contributed by atoms with E-state index in [1.807, 2.05) is 12.1 Å². The number of hydrogen-bond donors (Lipinski definition) is 1. The molecule has 0 saturated carbocycles. The third kappa shape index (κ3) is 18.8. The van der Waals surface area contributed by atoms with Crippen LogP contribution in [0.3, 0.4) is 0 Å². The number of carbonyl (C=O) groups is 1. The Hall–Kier alpha value is -2.44. The minimum atomic E-state index is -0.879. The van der Waals surface area contributed by atoms with Crippen molar-refractivity contribution in [2.45, 2.75) is 97.8 Å². The van der Waals surface area contributed by atoms with E-state index in [0.29, 0.717) is 13.5 Å².